The summed E-state index contributed by atoms with van der Waals surface area (Å²) >= 11 is 0. The van der Waals surface area contributed by atoms with E-state index >= 15 is 0 Å². The number of hydrogen-bond acceptors (Lipinski definition) is 3. The fourth-order valence-electron chi connectivity index (χ4n) is 1.71. The minimum atomic E-state index is 0.567. The zero-order valence-corrected chi connectivity index (χ0v) is 10.3. The van der Waals surface area contributed by atoms with Crippen LogP contribution in [0.1, 0.15) is 23.7 Å². The minimum absolute atomic E-state index is 0.567. The topological polar surface area (TPSA) is 39.2 Å². The fourth-order valence-corrected chi connectivity index (χ4v) is 1.71. The maximum atomic E-state index is 10.8. The average molecular weight is 241 g/mol. The largest absolute Gasteiger partial charge is 0.493 e. The third-order valence-electron chi connectivity index (χ3n) is 2.56. The van der Waals surface area contributed by atoms with E-state index in [0.717, 1.165) is 29.6 Å². The average Bonchev–Trinajstić information content (AvgIpc) is 2.45. The van der Waals surface area contributed by atoms with Gasteiger partial charge in [0, 0.05) is 29.1 Å². The molecule has 0 saturated heterocycles. The molecule has 0 amide bonds. The van der Waals surface area contributed by atoms with Crippen LogP contribution in [-0.4, -0.2) is 17.9 Å². The van der Waals surface area contributed by atoms with Crippen molar-refractivity contribution in [1.82, 2.24) is 4.98 Å². The molecule has 0 saturated carbocycles. The molecule has 0 atom stereocenters. The number of carbonyl (C=O) groups excluding carboxylic acids is 1. The van der Waals surface area contributed by atoms with E-state index in [2.05, 4.69) is 11.9 Å². The van der Waals surface area contributed by atoms with Crippen LogP contribution in [0.15, 0.2) is 42.7 Å². The number of aldehydes is 1. The monoisotopic (exact) mass is 241 g/mol. The van der Waals surface area contributed by atoms with Crippen LogP contribution >= 0.6 is 0 Å². The summed E-state index contributed by atoms with van der Waals surface area (Å²) in [5.41, 5.74) is 2.42. The Bertz CT molecular complexity index is 538. The van der Waals surface area contributed by atoms with E-state index in [-0.39, 0.29) is 0 Å². The van der Waals surface area contributed by atoms with Gasteiger partial charge in [-0.2, -0.15) is 0 Å². The van der Waals surface area contributed by atoms with Crippen molar-refractivity contribution in [3.8, 4) is 16.9 Å². The molecule has 0 unspecified atom stereocenters. The van der Waals surface area contributed by atoms with Gasteiger partial charge in [-0.05, 0) is 18.6 Å². The summed E-state index contributed by atoms with van der Waals surface area (Å²) in [6, 6.07) is 9.59. The highest BCUT2D eigenvalue weighted by Crippen LogP contribution is 2.29. The Morgan fingerprint density at radius 1 is 1.28 bits per heavy atom. The predicted octanol–water partition coefficient (Wildman–Crippen LogP) is 3.35. The Labute approximate surface area is 106 Å². The molecule has 1 aromatic heterocycles. The second-order valence-corrected chi connectivity index (χ2v) is 3.97. The second-order valence-electron chi connectivity index (χ2n) is 3.97. The van der Waals surface area contributed by atoms with Crippen LogP contribution in [0.4, 0.5) is 0 Å². The number of ether oxygens (including phenoxy) is 1. The number of aromatic nitrogens is 1. The zero-order valence-electron chi connectivity index (χ0n) is 10.3. The van der Waals surface area contributed by atoms with E-state index in [1.54, 1.807) is 12.4 Å². The Morgan fingerprint density at radius 2 is 2.11 bits per heavy atom. The van der Waals surface area contributed by atoms with Crippen molar-refractivity contribution >= 4 is 6.29 Å². The molecule has 3 nitrogen and oxygen atoms in total. The zero-order chi connectivity index (χ0) is 12.8. The Kier molecular flexibility index (Phi) is 4.07. The van der Waals surface area contributed by atoms with Crippen LogP contribution in [0, 0.1) is 0 Å². The van der Waals surface area contributed by atoms with E-state index in [0.29, 0.717) is 12.2 Å². The van der Waals surface area contributed by atoms with Gasteiger partial charge < -0.3 is 4.74 Å². The van der Waals surface area contributed by atoms with Gasteiger partial charge in [0.25, 0.3) is 0 Å². The number of rotatable bonds is 5. The van der Waals surface area contributed by atoms with Gasteiger partial charge >= 0.3 is 0 Å². The molecule has 0 radical (unpaired) electrons. The lowest BCUT2D eigenvalue weighted by molar-refractivity contribution is 0.112. The van der Waals surface area contributed by atoms with Gasteiger partial charge in [0.15, 0.2) is 6.29 Å². The first-order valence-electron chi connectivity index (χ1n) is 5.97. The quantitative estimate of drug-likeness (QED) is 0.753. The van der Waals surface area contributed by atoms with Crippen molar-refractivity contribution in [1.29, 1.82) is 0 Å². The number of carbonyl (C=O) groups is 1. The lowest BCUT2D eigenvalue weighted by Crippen LogP contribution is -1.97. The van der Waals surface area contributed by atoms with Gasteiger partial charge in [0.05, 0.1) is 6.61 Å². The maximum Gasteiger partial charge on any atom is 0.151 e. The third-order valence-corrected chi connectivity index (χ3v) is 2.56. The third kappa shape index (κ3) is 2.74. The first-order valence-corrected chi connectivity index (χ1v) is 5.97. The molecule has 0 N–H and O–H groups in total. The summed E-state index contributed by atoms with van der Waals surface area (Å²) in [6.07, 6.45) is 5.04. The first kappa shape index (κ1) is 12.3. The van der Waals surface area contributed by atoms with Crippen molar-refractivity contribution in [3.63, 3.8) is 0 Å². The first-order chi connectivity index (χ1) is 8.85. The van der Waals surface area contributed by atoms with Gasteiger partial charge in [-0.25, -0.2) is 0 Å². The molecule has 0 aliphatic carbocycles. The summed E-state index contributed by atoms with van der Waals surface area (Å²) in [5.74, 6) is 0.823. The molecule has 0 aliphatic rings. The molecule has 3 heteroatoms. The normalized spacial score (nSPS) is 10.1. The van der Waals surface area contributed by atoms with Gasteiger partial charge in [0.2, 0.25) is 0 Å². The molecular weight excluding hydrogens is 226 g/mol. The summed E-state index contributed by atoms with van der Waals surface area (Å²) in [4.78, 5) is 14.8. The molecular formula is C15H15NO2. The Hall–Kier alpha value is -2.16. The molecule has 0 aliphatic heterocycles. The van der Waals surface area contributed by atoms with E-state index in [4.69, 9.17) is 4.74 Å². The fraction of sp³-hybridized carbons (Fsp3) is 0.200. The number of nitrogens with zero attached hydrogens (tertiary/aromatic N) is 1. The highest BCUT2D eigenvalue weighted by molar-refractivity contribution is 5.79. The van der Waals surface area contributed by atoms with Crippen molar-refractivity contribution in [3.05, 3.63) is 48.3 Å². The number of benzene rings is 1. The summed E-state index contributed by atoms with van der Waals surface area (Å²) < 4.78 is 5.70. The summed E-state index contributed by atoms with van der Waals surface area (Å²) in [5, 5.41) is 0. The number of para-hydroxylation sites is 1. The van der Waals surface area contributed by atoms with Crippen molar-refractivity contribution in [2.24, 2.45) is 0 Å². The predicted molar refractivity (Wildman–Crippen MR) is 70.8 cm³/mol. The van der Waals surface area contributed by atoms with Crippen molar-refractivity contribution < 1.29 is 9.53 Å². The highest BCUT2D eigenvalue weighted by atomic mass is 16.5. The van der Waals surface area contributed by atoms with Crippen molar-refractivity contribution in [2.75, 3.05) is 6.61 Å². The maximum absolute atomic E-state index is 10.8. The van der Waals surface area contributed by atoms with Crippen LogP contribution in [0.3, 0.4) is 0 Å². The van der Waals surface area contributed by atoms with Crippen LogP contribution in [0.2, 0.25) is 0 Å². The number of pyridine rings is 1. The molecule has 0 fully saturated rings. The minimum Gasteiger partial charge on any atom is -0.493 e. The van der Waals surface area contributed by atoms with E-state index in [9.17, 15) is 4.79 Å². The van der Waals surface area contributed by atoms with Crippen molar-refractivity contribution in [2.45, 2.75) is 13.3 Å². The van der Waals surface area contributed by atoms with Gasteiger partial charge in [-0.15, -0.1) is 0 Å². The smallest absolute Gasteiger partial charge is 0.151 e. The molecule has 92 valence electrons. The Balaban J connectivity index is 2.39. The summed E-state index contributed by atoms with van der Waals surface area (Å²) in [7, 11) is 0. The molecule has 1 heterocycles. The van der Waals surface area contributed by atoms with E-state index < -0.39 is 0 Å². The lowest BCUT2D eigenvalue weighted by atomic mass is 10.1. The number of hydrogen-bond donors (Lipinski definition) is 0. The van der Waals surface area contributed by atoms with Crippen LogP contribution in [0.25, 0.3) is 11.1 Å². The second kappa shape index (κ2) is 5.96. The van der Waals surface area contributed by atoms with Gasteiger partial charge in [-0.1, -0.05) is 25.1 Å². The molecule has 1 aromatic carbocycles. The lowest BCUT2D eigenvalue weighted by Gasteiger charge is -2.10. The molecule has 2 aromatic rings. The van der Waals surface area contributed by atoms with Crippen LogP contribution in [0.5, 0.6) is 5.75 Å². The van der Waals surface area contributed by atoms with Crippen LogP contribution < -0.4 is 4.74 Å². The van der Waals surface area contributed by atoms with E-state index in [1.807, 2.05) is 30.3 Å². The molecule has 18 heavy (non-hydrogen) atoms. The SMILES string of the molecule is CCCOc1ccccc1-c1cncc(C=O)c1. The molecule has 2 rings (SSSR count). The molecule has 0 spiro atoms. The summed E-state index contributed by atoms with van der Waals surface area (Å²) in [6.45, 7) is 2.75. The van der Waals surface area contributed by atoms with Gasteiger partial charge in [0.1, 0.15) is 5.75 Å². The van der Waals surface area contributed by atoms with Crippen LogP contribution in [-0.2, 0) is 0 Å². The highest BCUT2D eigenvalue weighted by Gasteiger charge is 2.06. The Morgan fingerprint density at radius 3 is 2.89 bits per heavy atom. The standard InChI is InChI=1S/C15H15NO2/c1-2-7-18-15-6-4-3-5-14(15)13-8-12(11-17)9-16-10-13/h3-6,8-11H,2,7H2,1H3. The van der Waals surface area contributed by atoms with Gasteiger partial charge in [-0.3, -0.25) is 9.78 Å². The molecule has 0 bridgehead atoms. The van der Waals surface area contributed by atoms with E-state index in [1.165, 1.54) is 0 Å².